The third-order valence-corrected chi connectivity index (χ3v) is 4.58. The Morgan fingerprint density at radius 2 is 2.05 bits per heavy atom. The first-order valence-corrected chi connectivity index (χ1v) is 7.72. The molecule has 2 heterocycles. The topological polar surface area (TPSA) is 52.9 Å². The van der Waals surface area contributed by atoms with Gasteiger partial charge in [-0.3, -0.25) is 4.79 Å². The van der Waals surface area contributed by atoms with Crippen molar-refractivity contribution < 1.29 is 14.3 Å². The molecule has 0 unspecified atom stereocenters. The number of phenols is 1. The zero-order chi connectivity index (χ0) is 14.8. The van der Waals surface area contributed by atoms with Crippen LogP contribution in [0.2, 0.25) is 0 Å². The maximum absolute atomic E-state index is 13.3. The fourth-order valence-electron chi connectivity index (χ4n) is 2.41. The van der Waals surface area contributed by atoms with E-state index in [0.29, 0.717) is 15.6 Å². The zero-order valence-corrected chi connectivity index (χ0v) is 12.2. The summed E-state index contributed by atoms with van der Waals surface area (Å²) >= 11 is 1.29. The van der Waals surface area contributed by atoms with Crippen LogP contribution in [-0.4, -0.2) is 34.2 Å². The first-order chi connectivity index (χ1) is 10.1. The monoisotopic (exact) mass is 306 g/mol. The van der Waals surface area contributed by atoms with Crippen LogP contribution in [0.15, 0.2) is 28.1 Å². The predicted octanol–water partition coefficient (Wildman–Crippen LogP) is 2.99. The number of carbonyl (C=O) groups is 1. The number of piperidine rings is 1. The smallest absolute Gasteiger partial charge is 0.286 e. The molecule has 0 bridgehead atoms. The van der Waals surface area contributed by atoms with Crippen molar-refractivity contribution in [1.29, 1.82) is 0 Å². The summed E-state index contributed by atoms with van der Waals surface area (Å²) in [7, 11) is 0. The van der Waals surface area contributed by atoms with Crippen LogP contribution in [-0.2, 0) is 4.79 Å². The van der Waals surface area contributed by atoms with Gasteiger partial charge in [-0.05, 0) is 43.2 Å². The molecule has 3 rings (SSSR count). The number of hydrogen-bond acceptors (Lipinski definition) is 4. The molecule has 1 aromatic rings. The molecule has 2 aliphatic heterocycles. The third kappa shape index (κ3) is 2.95. The standard InChI is InChI=1S/C15H15FN2O2S/c16-11-6-4-5-10(13(11)19)9-12-14(20)17-15(21-12)18-7-2-1-3-8-18/h4-6,9,19H,1-3,7-8H2/b12-9+. The van der Waals surface area contributed by atoms with Gasteiger partial charge in [0.25, 0.3) is 5.91 Å². The van der Waals surface area contributed by atoms with E-state index in [9.17, 15) is 14.3 Å². The van der Waals surface area contributed by atoms with Crippen molar-refractivity contribution in [3.05, 3.63) is 34.5 Å². The molecule has 1 aromatic carbocycles. The van der Waals surface area contributed by atoms with E-state index in [-0.39, 0.29) is 5.91 Å². The highest BCUT2D eigenvalue weighted by molar-refractivity contribution is 8.18. The summed E-state index contributed by atoms with van der Waals surface area (Å²) in [4.78, 5) is 18.5. The van der Waals surface area contributed by atoms with E-state index < -0.39 is 11.6 Å². The minimum absolute atomic E-state index is 0.293. The lowest BCUT2D eigenvalue weighted by molar-refractivity contribution is -0.113. The number of nitrogens with zero attached hydrogens (tertiary/aromatic N) is 2. The molecule has 21 heavy (non-hydrogen) atoms. The Balaban J connectivity index is 1.80. The van der Waals surface area contributed by atoms with Gasteiger partial charge in [-0.2, -0.15) is 4.99 Å². The fraction of sp³-hybridized carbons (Fsp3) is 0.333. The summed E-state index contributed by atoms with van der Waals surface area (Å²) < 4.78 is 13.3. The number of para-hydroxylation sites is 1. The first-order valence-electron chi connectivity index (χ1n) is 6.90. The molecule has 0 spiro atoms. The highest BCUT2D eigenvalue weighted by Crippen LogP contribution is 2.33. The summed E-state index contributed by atoms with van der Waals surface area (Å²) in [5.74, 6) is -1.47. The summed E-state index contributed by atoms with van der Waals surface area (Å²) in [5.41, 5.74) is 0.293. The van der Waals surface area contributed by atoms with Crippen LogP contribution in [0.1, 0.15) is 24.8 Å². The molecule has 6 heteroatoms. The van der Waals surface area contributed by atoms with Gasteiger partial charge in [0.15, 0.2) is 16.7 Å². The molecular formula is C15H15FN2O2S. The number of aromatic hydroxyl groups is 1. The van der Waals surface area contributed by atoms with Gasteiger partial charge in [-0.1, -0.05) is 12.1 Å². The van der Waals surface area contributed by atoms with Crippen LogP contribution in [0.5, 0.6) is 5.75 Å². The lowest BCUT2D eigenvalue weighted by Gasteiger charge is -2.27. The zero-order valence-electron chi connectivity index (χ0n) is 11.4. The van der Waals surface area contributed by atoms with Crippen LogP contribution in [0.4, 0.5) is 4.39 Å². The largest absolute Gasteiger partial charge is 0.504 e. The van der Waals surface area contributed by atoms with Crippen molar-refractivity contribution in [1.82, 2.24) is 4.90 Å². The van der Waals surface area contributed by atoms with Crippen LogP contribution in [0.25, 0.3) is 6.08 Å². The van der Waals surface area contributed by atoms with Gasteiger partial charge >= 0.3 is 0 Å². The Morgan fingerprint density at radius 3 is 2.81 bits per heavy atom. The normalized spacial score (nSPS) is 21.0. The third-order valence-electron chi connectivity index (χ3n) is 3.54. The van der Waals surface area contributed by atoms with Crippen LogP contribution in [0, 0.1) is 5.82 Å². The Bertz CT molecular complexity index is 637. The van der Waals surface area contributed by atoms with E-state index in [1.165, 1.54) is 36.4 Å². The minimum atomic E-state index is -0.697. The number of halogens is 1. The quantitative estimate of drug-likeness (QED) is 0.810. The van der Waals surface area contributed by atoms with E-state index >= 15 is 0 Å². The van der Waals surface area contributed by atoms with Crippen molar-refractivity contribution in [2.24, 2.45) is 4.99 Å². The number of aliphatic imine (C=N–C) groups is 1. The van der Waals surface area contributed by atoms with Crippen molar-refractivity contribution in [3.8, 4) is 5.75 Å². The first kappa shape index (κ1) is 14.1. The summed E-state index contributed by atoms with van der Waals surface area (Å²) in [6.07, 6.45) is 4.92. The van der Waals surface area contributed by atoms with Gasteiger partial charge in [-0.25, -0.2) is 4.39 Å². The molecule has 0 aliphatic carbocycles. The Morgan fingerprint density at radius 1 is 1.29 bits per heavy atom. The highest BCUT2D eigenvalue weighted by atomic mass is 32.2. The number of thioether (sulfide) groups is 1. The summed E-state index contributed by atoms with van der Waals surface area (Å²) in [6, 6.07) is 4.24. The number of rotatable bonds is 1. The van der Waals surface area contributed by atoms with E-state index in [2.05, 4.69) is 9.89 Å². The Labute approximate surface area is 126 Å². The average Bonchev–Trinajstić information content (AvgIpc) is 2.86. The lowest BCUT2D eigenvalue weighted by Crippen LogP contribution is -2.33. The van der Waals surface area contributed by atoms with Crippen molar-refractivity contribution >= 4 is 28.9 Å². The van der Waals surface area contributed by atoms with Crippen LogP contribution in [0.3, 0.4) is 0 Å². The Kier molecular flexibility index (Phi) is 3.96. The lowest BCUT2D eigenvalue weighted by atomic mass is 10.1. The van der Waals surface area contributed by atoms with Gasteiger partial charge in [0, 0.05) is 18.7 Å². The average molecular weight is 306 g/mol. The molecule has 0 aromatic heterocycles. The molecular weight excluding hydrogens is 291 g/mol. The molecule has 1 N–H and O–H groups in total. The van der Waals surface area contributed by atoms with Crippen LogP contribution < -0.4 is 0 Å². The Hall–Kier alpha value is -1.82. The molecule has 0 radical (unpaired) electrons. The van der Waals surface area contributed by atoms with E-state index in [4.69, 9.17) is 0 Å². The maximum atomic E-state index is 13.3. The molecule has 1 fully saturated rings. The van der Waals surface area contributed by atoms with Gasteiger partial charge in [-0.15, -0.1) is 0 Å². The molecule has 1 saturated heterocycles. The van der Waals surface area contributed by atoms with Gasteiger partial charge in [0.1, 0.15) is 0 Å². The van der Waals surface area contributed by atoms with E-state index in [0.717, 1.165) is 25.9 Å². The molecule has 0 saturated carbocycles. The molecule has 1 amide bonds. The van der Waals surface area contributed by atoms with Gasteiger partial charge < -0.3 is 10.0 Å². The minimum Gasteiger partial charge on any atom is -0.504 e. The van der Waals surface area contributed by atoms with Crippen LogP contribution >= 0.6 is 11.8 Å². The fourth-order valence-corrected chi connectivity index (χ4v) is 3.36. The number of carbonyl (C=O) groups excluding carboxylic acids is 1. The molecule has 4 nitrogen and oxygen atoms in total. The summed E-state index contributed by atoms with van der Waals surface area (Å²) in [5, 5.41) is 10.4. The number of likely N-dealkylation sites (tertiary alicyclic amines) is 1. The number of amidine groups is 1. The van der Waals surface area contributed by atoms with Gasteiger partial charge in [0.05, 0.1) is 4.91 Å². The second kappa shape index (κ2) is 5.89. The SMILES string of the molecule is O=C1N=C(N2CCCCC2)S/C1=C/c1cccc(F)c1O. The van der Waals surface area contributed by atoms with E-state index in [1.54, 1.807) is 6.07 Å². The molecule has 2 aliphatic rings. The second-order valence-electron chi connectivity index (χ2n) is 5.04. The molecule has 110 valence electrons. The second-order valence-corrected chi connectivity index (χ2v) is 6.04. The maximum Gasteiger partial charge on any atom is 0.286 e. The van der Waals surface area contributed by atoms with Crippen molar-refractivity contribution in [2.45, 2.75) is 19.3 Å². The van der Waals surface area contributed by atoms with E-state index in [1.807, 2.05) is 0 Å². The summed E-state index contributed by atoms with van der Waals surface area (Å²) in [6.45, 7) is 1.83. The van der Waals surface area contributed by atoms with Crippen molar-refractivity contribution in [2.75, 3.05) is 13.1 Å². The van der Waals surface area contributed by atoms with Crippen molar-refractivity contribution in [3.63, 3.8) is 0 Å². The predicted molar refractivity (Wildman–Crippen MR) is 81.5 cm³/mol. The highest BCUT2D eigenvalue weighted by Gasteiger charge is 2.27. The number of benzene rings is 1. The molecule has 0 atom stereocenters. The number of amides is 1. The number of phenolic OH excluding ortho intramolecular Hbond substituents is 1. The van der Waals surface area contributed by atoms with Gasteiger partial charge in [0.2, 0.25) is 0 Å². The number of hydrogen-bond donors (Lipinski definition) is 1.